The SMILES string of the molecule is CCCC1C=CC=CC1C(C)N(C)C1=NN=C(C(/C=C\C(C)O)=C(C)C)C2C=CC=CC=C12. The third-order valence-corrected chi connectivity index (χ3v) is 6.72. The molecule has 2 aliphatic carbocycles. The molecule has 0 fully saturated rings. The summed E-state index contributed by atoms with van der Waals surface area (Å²) in [6.45, 7) is 10.5. The molecule has 0 saturated heterocycles. The maximum Gasteiger partial charge on any atom is 0.155 e. The first-order valence-corrected chi connectivity index (χ1v) is 12.2. The lowest BCUT2D eigenvalue weighted by atomic mass is 9.80. The fourth-order valence-electron chi connectivity index (χ4n) is 4.78. The smallest absolute Gasteiger partial charge is 0.155 e. The number of likely N-dealkylation sites (N-methyl/N-ethyl adjacent to an activating group) is 1. The maximum atomic E-state index is 9.79. The van der Waals surface area contributed by atoms with E-state index < -0.39 is 6.10 Å². The quantitative estimate of drug-likeness (QED) is 0.476. The number of amidine groups is 1. The Hall–Kier alpha value is -2.72. The van der Waals surface area contributed by atoms with Gasteiger partial charge in [-0.3, -0.25) is 0 Å². The standard InChI is InChI=1S/C29H39N3O/c1-7-13-23-14-11-12-15-25(23)22(5)32(6)29-27-17-10-8-9-16-26(27)28(30-31-29)24(20(2)3)19-18-21(4)33/h8-12,14-19,21-23,25-26,33H,7,13H2,1-6H3/b19-18-. The van der Waals surface area contributed by atoms with Crippen LogP contribution in [-0.4, -0.2) is 40.7 Å². The molecule has 1 aliphatic heterocycles. The van der Waals surface area contributed by atoms with Crippen molar-refractivity contribution in [2.75, 3.05) is 7.05 Å². The predicted octanol–water partition coefficient (Wildman–Crippen LogP) is 6.18. The van der Waals surface area contributed by atoms with Gasteiger partial charge in [-0.1, -0.05) is 85.8 Å². The van der Waals surface area contributed by atoms with E-state index in [9.17, 15) is 5.11 Å². The lowest BCUT2D eigenvalue weighted by molar-refractivity contribution is 0.244. The molecule has 4 heteroatoms. The Morgan fingerprint density at radius 3 is 2.48 bits per heavy atom. The second-order valence-electron chi connectivity index (χ2n) is 9.44. The van der Waals surface area contributed by atoms with Crippen molar-refractivity contribution >= 4 is 11.5 Å². The first-order chi connectivity index (χ1) is 15.8. The number of allylic oxidation sites excluding steroid dienone is 11. The molecule has 0 aromatic heterocycles. The third kappa shape index (κ3) is 5.80. The lowest BCUT2D eigenvalue weighted by Crippen LogP contribution is -2.45. The van der Waals surface area contributed by atoms with E-state index in [-0.39, 0.29) is 12.0 Å². The zero-order valence-electron chi connectivity index (χ0n) is 20.9. The average molecular weight is 446 g/mol. The van der Waals surface area contributed by atoms with Gasteiger partial charge in [-0.2, -0.15) is 5.10 Å². The normalized spacial score (nSPS) is 25.7. The number of aliphatic hydroxyl groups is 1. The van der Waals surface area contributed by atoms with Gasteiger partial charge in [-0.25, -0.2) is 0 Å². The van der Waals surface area contributed by atoms with Crippen LogP contribution in [0, 0.1) is 17.8 Å². The van der Waals surface area contributed by atoms with Crippen molar-refractivity contribution in [1.29, 1.82) is 0 Å². The Bertz CT molecular complexity index is 980. The van der Waals surface area contributed by atoms with Crippen molar-refractivity contribution in [2.24, 2.45) is 28.0 Å². The zero-order chi connectivity index (χ0) is 24.0. The molecular formula is C29H39N3O. The van der Waals surface area contributed by atoms with Crippen molar-refractivity contribution < 1.29 is 5.11 Å². The molecule has 0 saturated carbocycles. The van der Waals surface area contributed by atoms with E-state index in [1.165, 1.54) is 12.8 Å². The highest BCUT2D eigenvalue weighted by atomic mass is 16.3. The van der Waals surface area contributed by atoms with Crippen LogP contribution in [-0.2, 0) is 0 Å². The molecule has 0 bridgehead atoms. The van der Waals surface area contributed by atoms with Crippen LogP contribution < -0.4 is 0 Å². The highest BCUT2D eigenvalue weighted by molar-refractivity contribution is 6.15. The third-order valence-electron chi connectivity index (χ3n) is 6.72. The van der Waals surface area contributed by atoms with Crippen LogP contribution in [0.1, 0.15) is 47.5 Å². The van der Waals surface area contributed by atoms with Gasteiger partial charge in [-0.15, -0.1) is 5.10 Å². The van der Waals surface area contributed by atoms with Gasteiger partial charge in [0.2, 0.25) is 0 Å². The summed E-state index contributed by atoms with van der Waals surface area (Å²) in [7, 11) is 2.14. The van der Waals surface area contributed by atoms with Gasteiger partial charge in [0.05, 0.1) is 17.7 Å². The zero-order valence-corrected chi connectivity index (χ0v) is 20.9. The van der Waals surface area contributed by atoms with Gasteiger partial charge in [0.25, 0.3) is 0 Å². The second-order valence-corrected chi connectivity index (χ2v) is 9.44. The molecular weight excluding hydrogens is 406 g/mol. The van der Waals surface area contributed by atoms with E-state index >= 15 is 0 Å². The summed E-state index contributed by atoms with van der Waals surface area (Å²) in [5.41, 5.74) is 4.26. The first-order valence-electron chi connectivity index (χ1n) is 12.2. The molecule has 5 unspecified atom stereocenters. The van der Waals surface area contributed by atoms with E-state index in [1.807, 2.05) is 6.08 Å². The number of aliphatic hydroxyl groups excluding tert-OH is 1. The van der Waals surface area contributed by atoms with Gasteiger partial charge in [0, 0.05) is 24.6 Å². The van der Waals surface area contributed by atoms with E-state index in [0.717, 1.165) is 28.3 Å². The topological polar surface area (TPSA) is 48.2 Å². The minimum atomic E-state index is -0.510. The molecule has 33 heavy (non-hydrogen) atoms. The highest BCUT2D eigenvalue weighted by Crippen LogP contribution is 2.33. The second kappa shape index (κ2) is 11.4. The summed E-state index contributed by atoms with van der Waals surface area (Å²) in [6.07, 6.45) is 25.3. The molecule has 1 heterocycles. The lowest BCUT2D eigenvalue weighted by Gasteiger charge is -2.39. The summed E-state index contributed by atoms with van der Waals surface area (Å²) < 4.78 is 0. The molecule has 0 radical (unpaired) electrons. The van der Waals surface area contributed by atoms with Gasteiger partial charge >= 0.3 is 0 Å². The molecule has 4 nitrogen and oxygen atoms in total. The van der Waals surface area contributed by atoms with Crippen molar-refractivity contribution in [3.63, 3.8) is 0 Å². The Morgan fingerprint density at radius 1 is 1.06 bits per heavy atom. The predicted molar refractivity (Wildman–Crippen MR) is 141 cm³/mol. The molecule has 176 valence electrons. The van der Waals surface area contributed by atoms with Crippen molar-refractivity contribution in [3.05, 3.63) is 83.6 Å². The minimum absolute atomic E-state index is 0.0129. The number of hydrogen-bond donors (Lipinski definition) is 1. The molecule has 0 amide bonds. The van der Waals surface area contributed by atoms with E-state index in [1.54, 1.807) is 13.0 Å². The highest BCUT2D eigenvalue weighted by Gasteiger charge is 2.34. The first kappa shape index (κ1) is 24.9. The Kier molecular flexibility index (Phi) is 8.62. The summed E-state index contributed by atoms with van der Waals surface area (Å²) in [5.74, 6) is 1.92. The van der Waals surface area contributed by atoms with Crippen LogP contribution in [0.2, 0.25) is 0 Å². The van der Waals surface area contributed by atoms with Crippen LogP contribution in [0.15, 0.2) is 93.8 Å². The maximum absolute atomic E-state index is 9.79. The van der Waals surface area contributed by atoms with Gasteiger partial charge in [0.1, 0.15) is 0 Å². The fourth-order valence-corrected chi connectivity index (χ4v) is 4.78. The van der Waals surface area contributed by atoms with Crippen molar-refractivity contribution in [1.82, 2.24) is 4.90 Å². The van der Waals surface area contributed by atoms with Crippen LogP contribution in [0.25, 0.3) is 0 Å². The summed E-state index contributed by atoms with van der Waals surface area (Å²) in [6, 6.07) is 0.286. The number of nitrogens with zero attached hydrogens (tertiary/aromatic N) is 3. The molecule has 0 aromatic rings. The minimum Gasteiger partial charge on any atom is -0.389 e. The van der Waals surface area contributed by atoms with Crippen molar-refractivity contribution in [2.45, 2.75) is 59.6 Å². The number of rotatable bonds is 7. The van der Waals surface area contributed by atoms with E-state index in [4.69, 9.17) is 10.2 Å². The molecule has 3 aliphatic rings. The van der Waals surface area contributed by atoms with Crippen LogP contribution in [0.4, 0.5) is 0 Å². The van der Waals surface area contributed by atoms with Crippen LogP contribution in [0.5, 0.6) is 0 Å². The summed E-state index contributed by atoms with van der Waals surface area (Å²) >= 11 is 0. The van der Waals surface area contributed by atoms with Gasteiger partial charge in [-0.05, 0) is 45.6 Å². The van der Waals surface area contributed by atoms with Crippen LogP contribution >= 0.6 is 0 Å². The molecule has 5 atom stereocenters. The summed E-state index contributed by atoms with van der Waals surface area (Å²) in [5, 5.41) is 19.3. The largest absolute Gasteiger partial charge is 0.389 e. The van der Waals surface area contributed by atoms with E-state index in [2.05, 4.69) is 94.3 Å². The molecule has 1 N–H and O–H groups in total. The van der Waals surface area contributed by atoms with Crippen molar-refractivity contribution in [3.8, 4) is 0 Å². The Balaban J connectivity index is 2.00. The average Bonchev–Trinajstić information content (AvgIpc) is 3.05. The monoisotopic (exact) mass is 445 g/mol. The Labute approximate surface area is 199 Å². The number of fused-ring (bicyclic) bond motifs is 1. The van der Waals surface area contributed by atoms with Crippen LogP contribution in [0.3, 0.4) is 0 Å². The molecule has 0 aromatic carbocycles. The number of hydrogen-bond acceptors (Lipinski definition) is 4. The summed E-state index contributed by atoms with van der Waals surface area (Å²) in [4.78, 5) is 2.30. The fraction of sp³-hybridized carbons (Fsp3) is 0.448. The van der Waals surface area contributed by atoms with E-state index in [0.29, 0.717) is 11.8 Å². The molecule has 3 rings (SSSR count). The van der Waals surface area contributed by atoms with Gasteiger partial charge in [0.15, 0.2) is 5.84 Å². The van der Waals surface area contributed by atoms with Gasteiger partial charge < -0.3 is 10.0 Å². The molecule has 0 spiro atoms. The Morgan fingerprint density at radius 2 is 1.79 bits per heavy atom.